The van der Waals surface area contributed by atoms with Crippen molar-refractivity contribution in [2.24, 2.45) is 0 Å². The molecule has 0 bridgehead atoms. The van der Waals surface area contributed by atoms with Crippen molar-refractivity contribution >= 4 is 11.9 Å². The predicted octanol–water partition coefficient (Wildman–Crippen LogP) is -0.246. The van der Waals surface area contributed by atoms with Crippen molar-refractivity contribution in [3.05, 3.63) is 34.5 Å². The summed E-state index contributed by atoms with van der Waals surface area (Å²) in [6.07, 6.45) is 2.57. The smallest absolute Gasteiger partial charge is 0.274 e. The maximum absolute atomic E-state index is 11.7. The second-order valence-electron chi connectivity index (χ2n) is 3.07. The van der Waals surface area contributed by atoms with Crippen LogP contribution < -0.4 is 15.5 Å². The number of methoxy groups -OCH3 is 1. The Balaban J connectivity index is 2.20. The summed E-state index contributed by atoms with van der Waals surface area (Å²) in [5.74, 6) is -0.158. The molecule has 1 amide bonds. The average Bonchev–Trinajstić information content (AvgIpc) is 2.81. The summed E-state index contributed by atoms with van der Waals surface area (Å²) in [6.45, 7) is 0. The summed E-state index contributed by atoms with van der Waals surface area (Å²) in [4.78, 5) is 29.4. The van der Waals surface area contributed by atoms with Gasteiger partial charge in [-0.15, -0.1) is 0 Å². The van der Waals surface area contributed by atoms with Crippen LogP contribution in [-0.4, -0.2) is 33.2 Å². The summed E-state index contributed by atoms with van der Waals surface area (Å²) in [5.41, 5.74) is -0.277. The highest BCUT2D eigenvalue weighted by atomic mass is 16.5. The van der Waals surface area contributed by atoms with Gasteiger partial charge < -0.3 is 9.72 Å². The van der Waals surface area contributed by atoms with Crippen LogP contribution >= 0.6 is 0 Å². The van der Waals surface area contributed by atoms with Crippen LogP contribution in [0, 0.1) is 0 Å². The van der Waals surface area contributed by atoms with Gasteiger partial charge in [0.2, 0.25) is 11.4 Å². The molecule has 0 atom stereocenters. The Labute approximate surface area is 95.0 Å². The van der Waals surface area contributed by atoms with Crippen LogP contribution in [-0.2, 0) is 0 Å². The Hall–Kier alpha value is -2.64. The van der Waals surface area contributed by atoms with Crippen LogP contribution in [0.4, 0.5) is 5.95 Å². The molecule has 2 rings (SSSR count). The first kappa shape index (κ1) is 10.9. The number of aromatic nitrogens is 4. The molecule has 0 saturated carbocycles. The highest BCUT2D eigenvalue weighted by Gasteiger charge is 2.10. The van der Waals surface area contributed by atoms with Crippen molar-refractivity contribution < 1.29 is 9.53 Å². The fourth-order valence-electron chi connectivity index (χ4n) is 1.19. The van der Waals surface area contributed by atoms with E-state index in [9.17, 15) is 9.59 Å². The number of nitrogens with zero attached hydrogens (tertiary/aromatic N) is 2. The zero-order valence-electron chi connectivity index (χ0n) is 8.85. The number of ether oxygens (including phenoxy) is 1. The van der Waals surface area contributed by atoms with Crippen molar-refractivity contribution in [2.45, 2.75) is 0 Å². The molecule has 17 heavy (non-hydrogen) atoms. The number of rotatable bonds is 3. The van der Waals surface area contributed by atoms with Gasteiger partial charge in [0.25, 0.3) is 5.91 Å². The van der Waals surface area contributed by atoms with Crippen molar-refractivity contribution in [1.29, 1.82) is 0 Å². The third-order valence-corrected chi connectivity index (χ3v) is 1.99. The topological polar surface area (TPSA) is 113 Å². The van der Waals surface area contributed by atoms with E-state index >= 15 is 0 Å². The quantitative estimate of drug-likeness (QED) is 0.679. The third-order valence-electron chi connectivity index (χ3n) is 1.99. The lowest BCUT2D eigenvalue weighted by molar-refractivity contribution is 0.102. The van der Waals surface area contributed by atoms with Gasteiger partial charge >= 0.3 is 0 Å². The predicted molar refractivity (Wildman–Crippen MR) is 58.0 cm³/mol. The fraction of sp³-hybridized carbons (Fsp3) is 0.111. The van der Waals surface area contributed by atoms with E-state index < -0.39 is 5.91 Å². The number of pyridine rings is 1. The molecule has 0 aliphatic carbocycles. The number of nitrogens with one attached hydrogen (secondary N) is 3. The van der Waals surface area contributed by atoms with E-state index in [4.69, 9.17) is 4.74 Å². The summed E-state index contributed by atoms with van der Waals surface area (Å²) in [5, 5.41) is 8.46. The minimum atomic E-state index is -0.499. The van der Waals surface area contributed by atoms with E-state index in [1.165, 1.54) is 19.6 Å². The summed E-state index contributed by atoms with van der Waals surface area (Å²) < 4.78 is 4.78. The molecule has 8 nitrogen and oxygen atoms in total. The highest BCUT2D eigenvalue weighted by molar-refractivity contribution is 6.01. The van der Waals surface area contributed by atoms with Gasteiger partial charge in [0.15, 0.2) is 5.75 Å². The number of carbonyl (C=O) groups is 1. The monoisotopic (exact) mass is 235 g/mol. The second kappa shape index (κ2) is 4.47. The molecule has 0 saturated heterocycles. The van der Waals surface area contributed by atoms with Crippen LogP contribution in [0.1, 0.15) is 10.5 Å². The van der Waals surface area contributed by atoms with E-state index in [1.54, 1.807) is 0 Å². The van der Waals surface area contributed by atoms with Gasteiger partial charge in [-0.25, -0.2) is 5.10 Å². The third kappa shape index (κ3) is 2.30. The first-order chi connectivity index (χ1) is 8.20. The number of aromatic amines is 2. The molecule has 0 aliphatic rings. The van der Waals surface area contributed by atoms with Crippen LogP contribution in [0.2, 0.25) is 0 Å². The number of H-pyrrole nitrogens is 2. The van der Waals surface area contributed by atoms with Crippen molar-refractivity contribution in [1.82, 2.24) is 20.2 Å². The summed E-state index contributed by atoms with van der Waals surface area (Å²) >= 11 is 0. The number of anilines is 1. The zero-order valence-corrected chi connectivity index (χ0v) is 8.85. The van der Waals surface area contributed by atoms with Crippen molar-refractivity contribution in [3.63, 3.8) is 0 Å². The fourth-order valence-corrected chi connectivity index (χ4v) is 1.19. The molecule has 88 valence electrons. The van der Waals surface area contributed by atoms with Gasteiger partial charge in [0.1, 0.15) is 12.0 Å². The van der Waals surface area contributed by atoms with E-state index in [2.05, 4.69) is 25.5 Å². The van der Waals surface area contributed by atoms with Crippen LogP contribution in [0.15, 0.2) is 23.4 Å². The van der Waals surface area contributed by atoms with Gasteiger partial charge in [-0.3, -0.25) is 14.9 Å². The SMILES string of the molecule is COc1c[nH]c(C(=O)Nc2ncn[nH]2)cc1=O. The van der Waals surface area contributed by atoms with E-state index in [0.717, 1.165) is 6.07 Å². The molecule has 0 fully saturated rings. The molecule has 2 aromatic rings. The van der Waals surface area contributed by atoms with Gasteiger partial charge in [0, 0.05) is 12.3 Å². The molecule has 2 heterocycles. The molecular weight excluding hydrogens is 226 g/mol. The Kier molecular flexibility index (Phi) is 2.86. The molecule has 0 unspecified atom stereocenters. The van der Waals surface area contributed by atoms with Crippen LogP contribution in [0.3, 0.4) is 0 Å². The van der Waals surface area contributed by atoms with E-state index in [1.807, 2.05) is 0 Å². The molecule has 0 radical (unpaired) electrons. The number of carbonyl (C=O) groups excluding carboxylic acids is 1. The van der Waals surface area contributed by atoms with E-state index in [0.29, 0.717) is 0 Å². The molecule has 8 heteroatoms. The average molecular weight is 235 g/mol. The van der Waals surface area contributed by atoms with Crippen LogP contribution in [0.25, 0.3) is 0 Å². The zero-order chi connectivity index (χ0) is 12.3. The number of hydrogen-bond donors (Lipinski definition) is 3. The summed E-state index contributed by atoms with van der Waals surface area (Å²) in [7, 11) is 1.37. The largest absolute Gasteiger partial charge is 0.491 e. The molecule has 0 aliphatic heterocycles. The Bertz CT molecular complexity index is 575. The van der Waals surface area contributed by atoms with E-state index in [-0.39, 0.29) is 22.8 Å². The Morgan fingerprint density at radius 1 is 1.53 bits per heavy atom. The molecular formula is C9H9N5O3. The summed E-state index contributed by atoms with van der Waals surface area (Å²) in [6, 6.07) is 1.14. The Morgan fingerprint density at radius 3 is 2.94 bits per heavy atom. The van der Waals surface area contributed by atoms with Gasteiger partial charge in [0.05, 0.1) is 7.11 Å². The molecule has 3 N–H and O–H groups in total. The molecule has 0 spiro atoms. The second-order valence-corrected chi connectivity index (χ2v) is 3.07. The minimum absolute atomic E-state index is 0.104. The van der Waals surface area contributed by atoms with Gasteiger partial charge in [-0.2, -0.15) is 10.1 Å². The van der Waals surface area contributed by atoms with Crippen molar-refractivity contribution in [2.75, 3.05) is 12.4 Å². The standard InChI is InChI=1S/C9H9N5O3/c1-17-7-3-10-5(2-6(7)15)8(16)13-9-11-4-12-14-9/h2-4H,1H3,(H,10,15)(H2,11,12,13,14,16). The number of amides is 1. The first-order valence-electron chi connectivity index (χ1n) is 4.64. The first-order valence-corrected chi connectivity index (χ1v) is 4.64. The lowest BCUT2D eigenvalue weighted by Crippen LogP contribution is -2.18. The van der Waals surface area contributed by atoms with Gasteiger partial charge in [-0.05, 0) is 0 Å². The maximum Gasteiger partial charge on any atom is 0.274 e. The lowest BCUT2D eigenvalue weighted by atomic mass is 10.3. The Morgan fingerprint density at radius 2 is 2.35 bits per heavy atom. The number of hydrogen-bond acceptors (Lipinski definition) is 5. The maximum atomic E-state index is 11.7. The highest BCUT2D eigenvalue weighted by Crippen LogP contribution is 2.02. The van der Waals surface area contributed by atoms with Gasteiger partial charge in [-0.1, -0.05) is 0 Å². The molecule has 0 aromatic carbocycles. The molecule has 2 aromatic heterocycles. The normalized spacial score (nSPS) is 9.94. The van der Waals surface area contributed by atoms with Crippen molar-refractivity contribution in [3.8, 4) is 5.75 Å². The minimum Gasteiger partial charge on any atom is -0.491 e. The van der Waals surface area contributed by atoms with Crippen LogP contribution in [0.5, 0.6) is 5.75 Å². The lowest BCUT2D eigenvalue weighted by Gasteiger charge is -2.02.